The van der Waals surface area contributed by atoms with Gasteiger partial charge in [-0.05, 0) is 18.2 Å². The van der Waals surface area contributed by atoms with Gasteiger partial charge in [0.1, 0.15) is 0 Å². The summed E-state index contributed by atoms with van der Waals surface area (Å²) in [5.41, 5.74) is 1.04. The molecule has 1 spiro atoms. The third-order valence-corrected chi connectivity index (χ3v) is 3.79. The molecule has 1 fully saturated rings. The van der Waals surface area contributed by atoms with Crippen molar-refractivity contribution < 1.29 is 32.2 Å². The number of hydrogen-bond acceptors (Lipinski definition) is 5. The van der Waals surface area contributed by atoms with Crippen LogP contribution in [0.5, 0.6) is 11.5 Å². The molecule has 5 nitrogen and oxygen atoms in total. The van der Waals surface area contributed by atoms with Gasteiger partial charge in [0.15, 0.2) is 23.7 Å². The fourth-order valence-electron chi connectivity index (χ4n) is 2.60. The Labute approximate surface area is 131 Å². The van der Waals surface area contributed by atoms with Gasteiger partial charge >= 0.3 is 6.18 Å². The maximum Gasteiger partial charge on any atom is 0.422 e. The molecule has 1 aromatic carbocycles. The summed E-state index contributed by atoms with van der Waals surface area (Å²) in [6.45, 7) is -0.243. The highest BCUT2D eigenvalue weighted by Gasteiger charge is 2.43. The molecule has 1 unspecified atom stereocenters. The number of rotatable bonds is 4. The number of halogens is 3. The van der Waals surface area contributed by atoms with Crippen LogP contribution in [-0.2, 0) is 9.57 Å². The van der Waals surface area contributed by atoms with Gasteiger partial charge in [0.25, 0.3) is 0 Å². The van der Waals surface area contributed by atoms with Gasteiger partial charge in [-0.3, -0.25) is 0 Å². The molecule has 1 saturated heterocycles. The molecule has 0 saturated carbocycles. The lowest BCUT2D eigenvalue weighted by atomic mass is 9.93. The Morgan fingerprint density at radius 1 is 1.30 bits per heavy atom. The molecule has 0 aliphatic carbocycles. The van der Waals surface area contributed by atoms with E-state index in [2.05, 4.69) is 5.16 Å². The van der Waals surface area contributed by atoms with Gasteiger partial charge in [0.05, 0.1) is 26.0 Å². The lowest BCUT2D eigenvalue weighted by Crippen LogP contribution is -2.29. The van der Waals surface area contributed by atoms with E-state index in [4.69, 9.17) is 19.0 Å². The predicted molar refractivity (Wildman–Crippen MR) is 75.0 cm³/mol. The van der Waals surface area contributed by atoms with Crippen LogP contribution in [0.25, 0.3) is 0 Å². The van der Waals surface area contributed by atoms with Crippen molar-refractivity contribution in [3.63, 3.8) is 0 Å². The molecule has 0 N–H and O–H groups in total. The van der Waals surface area contributed by atoms with Crippen molar-refractivity contribution in [2.24, 2.45) is 5.16 Å². The van der Waals surface area contributed by atoms with Crippen LogP contribution in [0.2, 0.25) is 0 Å². The van der Waals surface area contributed by atoms with E-state index in [0.717, 1.165) is 17.7 Å². The zero-order chi connectivity index (χ0) is 16.5. The van der Waals surface area contributed by atoms with Gasteiger partial charge in [-0.15, -0.1) is 0 Å². The van der Waals surface area contributed by atoms with Crippen LogP contribution in [0.3, 0.4) is 0 Å². The molecule has 2 aliphatic heterocycles. The zero-order valence-corrected chi connectivity index (χ0v) is 12.5. The first-order valence-corrected chi connectivity index (χ1v) is 7.12. The number of benzene rings is 1. The Morgan fingerprint density at radius 3 is 2.78 bits per heavy atom. The maximum atomic E-state index is 12.3. The van der Waals surface area contributed by atoms with Gasteiger partial charge in [-0.1, -0.05) is 5.16 Å². The second-order valence-electron chi connectivity index (χ2n) is 5.56. The van der Waals surface area contributed by atoms with Crippen LogP contribution in [0.15, 0.2) is 23.4 Å². The molecule has 126 valence electrons. The lowest BCUT2D eigenvalue weighted by Gasteiger charge is -2.17. The van der Waals surface area contributed by atoms with Crippen molar-refractivity contribution in [1.82, 2.24) is 0 Å². The molecule has 1 aromatic rings. The quantitative estimate of drug-likeness (QED) is 0.851. The predicted octanol–water partition coefficient (Wildman–Crippen LogP) is 2.92. The molecule has 0 radical (unpaired) electrons. The average Bonchev–Trinajstić information content (AvgIpc) is 3.15. The van der Waals surface area contributed by atoms with E-state index in [1.54, 1.807) is 12.1 Å². The largest absolute Gasteiger partial charge is 0.493 e. The lowest BCUT2D eigenvalue weighted by molar-refractivity contribution is -0.153. The molecule has 8 heteroatoms. The third kappa shape index (κ3) is 3.52. The zero-order valence-electron chi connectivity index (χ0n) is 12.5. The SMILES string of the molecule is COc1cc(C2=NOC3(CCOC3)C2)ccc1OCC(F)(F)F. The fourth-order valence-corrected chi connectivity index (χ4v) is 2.60. The molecule has 0 amide bonds. The van der Waals surface area contributed by atoms with E-state index in [-0.39, 0.29) is 11.5 Å². The summed E-state index contributed by atoms with van der Waals surface area (Å²) in [7, 11) is 1.37. The van der Waals surface area contributed by atoms with Gasteiger partial charge in [-0.2, -0.15) is 13.2 Å². The van der Waals surface area contributed by atoms with Crippen LogP contribution >= 0.6 is 0 Å². The first kappa shape index (κ1) is 15.9. The van der Waals surface area contributed by atoms with Crippen molar-refractivity contribution >= 4 is 5.71 Å². The monoisotopic (exact) mass is 331 g/mol. The minimum Gasteiger partial charge on any atom is -0.493 e. The fraction of sp³-hybridized carbons (Fsp3) is 0.533. The van der Waals surface area contributed by atoms with Crippen LogP contribution in [0.4, 0.5) is 13.2 Å². The van der Waals surface area contributed by atoms with Crippen LogP contribution in [0.1, 0.15) is 18.4 Å². The molecule has 23 heavy (non-hydrogen) atoms. The van der Waals surface area contributed by atoms with E-state index in [1.165, 1.54) is 13.2 Å². The first-order valence-electron chi connectivity index (χ1n) is 7.12. The number of nitrogens with zero attached hydrogens (tertiary/aromatic N) is 1. The van der Waals surface area contributed by atoms with Crippen molar-refractivity contribution in [3.05, 3.63) is 23.8 Å². The van der Waals surface area contributed by atoms with Gasteiger partial charge in [0, 0.05) is 18.4 Å². The van der Waals surface area contributed by atoms with E-state index < -0.39 is 18.4 Å². The molecule has 2 heterocycles. The Balaban J connectivity index is 1.74. The second kappa shape index (κ2) is 5.92. The summed E-state index contributed by atoms with van der Waals surface area (Å²) in [6, 6.07) is 4.69. The minimum atomic E-state index is -4.40. The van der Waals surface area contributed by atoms with Gasteiger partial charge in [0.2, 0.25) is 0 Å². The van der Waals surface area contributed by atoms with E-state index in [1.807, 2.05) is 0 Å². The first-order chi connectivity index (χ1) is 10.9. The number of ether oxygens (including phenoxy) is 3. The molecule has 1 atom stereocenters. The molecule has 0 bridgehead atoms. The van der Waals surface area contributed by atoms with Gasteiger partial charge in [-0.25, -0.2) is 0 Å². The van der Waals surface area contributed by atoms with Crippen molar-refractivity contribution in [3.8, 4) is 11.5 Å². The van der Waals surface area contributed by atoms with E-state index >= 15 is 0 Å². The van der Waals surface area contributed by atoms with Crippen LogP contribution in [-0.4, -0.2) is 44.4 Å². The topological polar surface area (TPSA) is 49.3 Å². The minimum absolute atomic E-state index is 0.0343. The normalized spacial score (nSPS) is 23.7. The molecule has 3 rings (SSSR count). The maximum absolute atomic E-state index is 12.3. The summed E-state index contributed by atoms with van der Waals surface area (Å²) in [6.07, 6.45) is -3.04. The summed E-state index contributed by atoms with van der Waals surface area (Å²) >= 11 is 0. The van der Waals surface area contributed by atoms with Gasteiger partial charge < -0.3 is 19.0 Å². The molecular weight excluding hydrogens is 315 g/mol. The summed E-state index contributed by atoms with van der Waals surface area (Å²) in [4.78, 5) is 5.51. The van der Waals surface area contributed by atoms with E-state index in [9.17, 15) is 13.2 Å². The highest BCUT2D eigenvalue weighted by molar-refractivity contribution is 6.02. The number of oxime groups is 1. The Morgan fingerprint density at radius 2 is 2.13 bits per heavy atom. The summed E-state index contributed by atoms with van der Waals surface area (Å²) < 4.78 is 52.0. The molecular formula is C15H16F3NO4. The highest BCUT2D eigenvalue weighted by atomic mass is 19.4. The highest BCUT2D eigenvalue weighted by Crippen LogP contribution is 2.36. The van der Waals surface area contributed by atoms with Crippen molar-refractivity contribution in [2.45, 2.75) is 24.6 Å². The summed E-state index contributed by atoms with van der Waals surface area (Å²) in [5.74, 6) is 0.255. The third-order valence-electron chi connectivity index (χ3n) is 3.79. The van der Waals surface area contributed by atoms with E-state index in [0.29, 0.717) is 19.6 Å². The number of alkyl halides is 3. The Kier molecular flexibility index (Phi) is 4.09. The Bertz CT molecular complexity index is 609. The van der Waals surface area contributed by atoms with Crippen LogP contribution in [0, 0.1) is 0 Å². The van der Waals surface area contributed by atoms with Crippen molar-refractivity contribution in [2.75, 3.05) is 26.9 Å². The standard InChI is InChI=1S/C15H16F3NO4/c1-20-13-6-10(2-3-12(13)22-9-15(16,17)18)11-7-14(23-19-11)4-5-21-8-14/h2-3,6H,4-5,7-9H2,1H3. The van der Waals surface area contributed by atoms with Crippen molar-refractivity contribution in [1.29, 1.82) is 0 Å². The number of methoxy groups -OCH3 is 1. The Hall–Kier alpha value is -1.96. The smallest absolute Gasteiger partial charge is 0.422 e. The second-order valence-corrected chi connectivity index (χ2v) is 5.56. The summed E-state index contributed by atoms with van der Waals surface area (Å²) in [5, 5.41) is 4.09. The average molecular weight is 331 g/mol. The molecule has 2 aliphatic rings. The number of hydrogen-bond donors (Lipinski definition) is 0. The van der Waals surface area contributed by atoms with Crippen LogP contribution < -0.4 is 9.47 Å². The molecule has 0 aromatic heterocycles.